The minimum Gasteiger partial charge on any atom is -0.494 e. The molecule has 0 fully saturated rings. The Bertz CT molecular complexity index is 486. The molecule has 1 aromatic rings. The number of aromatic nitrogens is 2. The Balaban J connectivity index is 2.61. The molecule has 1 aromatic heterocycles. The number of hydrogen-bond donors (Lipinski definition) is 0. The Hall–Kier alpha value is -2.24. The average Bonchev–Trinajstić information content (AvgIpc) is 2.35. The third-order valence-corrected chi connectivity index (χ3v) is 2.06. The number of nitrogens with zero attached hydrogens (tertiary/aromatic N) is 2. The van der Waals surface area contributed by atoms with Crippen molar-refractivity contribution < 1.29 is 19.1 Å². The number of hydrogen-bond acceptors (Lipinski definition) is 6. The Morgan fingerprint density at radius 3 is 2.26 bits per heavy atom. The molecule has 0 bridgehead atoms. The molecule has 6 heteroatoms. The molecule has 0 saturated heterocycles. The fourth-order valence-corrected chi connectivity index (χ4v) is 0.939. The normalized spacial score (nSPS) is 11.4. The van der Waals surface area contributed by atoms with E-state index in [1.54, 1.807) is 20.8 Å². The van der Waals surface area contributed by atoms with Crippen LogP contribution < -0.4 is 4.74 Å². The minimum absolute atomic E-state index is 0.320. The van der Waals surface area contributed by atoms with Crippen LogP contribution in [0.3, 0.4) is 0 Å². The van der Waals surface area contributed by atoms with Crippen LogP contribution in [0.4, 0.5) is 0 Å². The van der Waals surface area contributed by atoms with Gasteiger partial charge < -0.3 is 9.47 Å². The minimum atomic E-state index is -0.751. The maximum atomic E-state index is 11.4. The second kappa shape index (κ2) is 6.08. The highest BCUT2D eigenvalue weighted by Gasteiger charge is 2.24. The number of ether oxygens (including phenoxy) is 2. The summed E-state index contributed by atoms with van der Waals surface area (Å²) in [6, 6.07) is 0. The lowest BCUT2D eigenvalue weighted by atomic mass is 9.97. The SMILES string of the molecule is COc1cnc(/C=C/C(=O)OC(=O)C(C)(C)C)nc1. The highest BCUT2D eigenvalue weighted by molar-refractivity contribution is 5.95. The smallest absolute Gasteiger partial charge is 0.338 e. The first kappa shape index (κ1) is 14.8. The van der Waals surface area contributed by atoms with Crippen LogP contribution in [-0.4, -0.2) is 29.0 Å². The monoisotopic (exact) mass is 264 g/mol. The summed E-state index contributed by atoms with van der Waals surface area (Å²) in [5, 5.41) is 0. The third-order valence-electron chi connectivity index (χ3n) is 2.06. The van der Waals surface area contributed by atoms with Gasteiger partial charge in [-0.3, -0.25) is 4.79 Å². The Morgan fingerprint density at radius 2 is 1.79 bits per heavy atom. The van der Waals surface area contributed by atoms with E-state index in [-0.39, 0.29) is 0 Å². The molecule has 0 aliphatic carbocycles. The van der Waals surface area contributed by atoms with Crippen LogP contribution >= 0.6 is 0 Å². The van der Waals surface area contributed by atoms with Gasteiger partial charge in [-0.1, -0.05) is 0 Å². The van der Waals surface area contributed by atoms with Crippen LogP contribution in [0.5, 0.6) is 5.75 Å². The topological polar surface area (TPSA) is 78.4 Å². The molecule has 19 heavy (non-hydrogen) atoms. The van der Waals surface area contributed by atoms with Crippen LogP contribution in [0.1, 0.15) is 26.6 Å². The number of methoxy groups -OCH3 is 1. The molecular formula is C13H16N2O4. The Kier molecular flexibility index (Phi) is 4.74. The average molecular weight is 264 g/mol. The lowest BCUT2D eigenvalue weighted by Crippen LogP contribution is -2.25. The molecule has 6 nitrogen and oxygen atoms in total. The van der Waals surface area contributed by atoms with Gasteiger partial charge in [0, 0.05) is 6.08 Å². The standard InChI is InChI=1S/C13H16N2O4/c1-13(2,3)12(17)19-11(16)6-5-10-14-7-9(18-4)8-15-10/h5-8H,1-4H3/b6-5+. The van der Waals surface area contributed by atoms with E-state index in [1.165, 1.54) is 25.6 Å². The van der Waals surface area contributed by atoms with Crippen LogP contribution in [0.2, 0.25) is 0 Å². The molecule has 0 spiro atoms. The summed E-state index contributed by atoms with van der Waals surface area (Å²) in [7, 11) is 1.50. The zero-order chi connectivity index (χ0) is 14.5. The molecule has 0 radical (unpaired) electrons. The molecule has 0 amide bonds. The van der Waals surface area contributed by atoms with Gasteiger partial charge in [0.2, 0.25) is 0 Å². The van der Waals surface area contributed by atoms with E-state index in [4.69, 9.17) is 4.74 Å². The molecule has 0 N–H and O–H groups in total. The van der Waals surface area contributed by atoms with Crippen molar-refractivity contribution in [2.24, 2.45) is 5.41 Å². The van der Waals surface area contributed by atoms with E-state index in [2.05, 4.69) is 14.7 Å². The van der Waals surface area contributed by atoms with E-state index < -0.39 is 17.4 Å². The number of carbonyl (C=O) groups excluding carboxylic acids is 2. The number of rotatable bonds is 3. The molecule has 102 valence electrons. The van der Waals surface area contributed by atoms with Crippen LogP contribution in [0.15, 0.2) is 18.5 Å². The largest absolute Gasteiger partial charge is 0.494 e. The maximum absolute atomic E-state index is 11.4. The molecule has 0 saturated carbocycles. The molecule has 1 rings (SSSR count). The molecule has 0 aliphatic rings. The highest BCUT2D eigenvalue weighted by atomic mass is 16.6. The first-order valence-electron chi connectivity index (χ1n) is 5.63. The maximum Gasteiger partial charge on any atom is 0.338 e. The lowest BCUT2D eigenvalue weighted by Gasteiger charge is -2.14. The van der Waals surface area contributed by atoms with E-state index in [9.17, 15) is 9.59 Å². The summed E-state index contributed by atoms with van der Waals surface area (Å²) in [5.74, 6) is -0.499. The summed E-state index contributed by atoms with van der Waals surface area (Å²) >= 11 is 0. The van der Waals surface area contributed by atoms with E-state index in [0.717, 1.165) is 6.08 Å². The van der Waals surface area contributed by atoms with Gasteiger partial charge in [-0.25, -0.2) is 14.8 Å². The van der Waals surface area contributed by atoms with E-state index >= 15 is 0 Å². The fourth-order valence-electron chi connectivity index (χ4n) is 0.939. The van der Waals surface area contributed by atoms with E-state index in [0.29, 0.717) is 11.6 Å². The van der Waals surface area contributed by atoms with Crippen molar-refractivity contribution in [2.45, 2.75) is 20.8 Å². The zero-order valence-electron chi connectivity index (χ0n) is 11.3. The molecule has 0 aromatic carbocycles. The zero-order valence-corrected chi connectivity index (χ0v) is 11.3. The van der Waals surface area contributed by atoms with E-state index in [1.807, 2.05) is 0 Å². The third kappa shape index (κ3) is 4.87. The summed E-state index contributed by atoms with van der Waals surface area (Å²) in [5.41, 5.74) is -0.722. The second-order valence-corrected chi connectivity index (χ2v) is 4.77. The van der Waals surface area contributed by atoms with Crippen molar-refractivity contribution in [1.29, 1.82) is 0 Å². The first-order valence-corrected chi connectivity index (χ1v) is 5.63. The Labute approximate surface area is 111 Å². The van der Waals surface area contributed by atoms with Crippen molar-refractivity contribution in [3.8, 4) is 5.75 Å². The summed E-state index contributed by atoms with van der Waals surface area (Å²) in [6.07, 6.45) is 5.40. The fraction of sp³-hybridized carbons (Fsp3) is 0.385. The molecule has 0 unspecified atom stereocenters. The van der Waals surface area contributed by atoms with Gasteiger partial charge in [0.25, 0.3) is 0 Å². The van der Waals surface area contributed by atoms with Crippen LogP contribution in [0.25, 0.3) is 6.08 Å². The van der Waals surface area contributed by atoms with Crippen molar-refractivity contribution >= 4 is 18.0 Å². The van der Waals surface area contributed by atoms with Crippen LogP contribution in [0, 0.1) is 5.41 Å². The predicted molar refractivity (Wildman–Crippen MR) is 68.2 cm³/mol. The van der Waals surface area contributed by atoms with Gasteiger partial charge in [-0.2, -0.15) is 0 Å². The van der Waals surface area contributed by atoms with Gasteiger partial charge >= 0.3 is 11.9 Å². The van der Waals surface area contributed by atoms with Crippen molar-refractivity contribution in [3.63, 3.8) is 0 Å². The second-order valence-electron chi connectivity index (χ2n) is 4.77. The van der Waals surface area contributed by atoms with Gasteiger partial charge in [0.1, 0.15) is 0 Å². The first-order chi connectivity index (χ1) is 8.82. The highest BCUT2D eigenvalue weighted by Crippen LogP contribution is 2.15. The van der Waals surface area contributed by atoms with Crippen molar-refractivity contribution in [3.05, 3.63) is 24.3 Å². The molecule has 0 aliphatic heterocycles. The lowest BCUT2D eigenvalue weighted by molar-refractivity contribution is -0.162. The Morgan fingerprint density at radius 1 is 1.21 bits per heavy atom. The quantitative estimate of drug-likeness (QED) is 0.469. The summed E-state index contributed by atoms with van der Waals surface area (Å²) in [4.78, 5) is 30.7. The van der Waals surface area contributed by atoms with Crippen molar-refractivity contribution in [1.82, 2.24) is 9.97 Å². The van der Waals surface area contributed by atoms with Crippen molar-refractivity contribution in [2.75, 3.05) is 7.11 Å². The number of esters is 2. The molecular weight excluding hydrogens is 248 g/mol. The summed E-state index contributed by atoms with van der Waals surface area (Å²) < 4.78 is 9.54. The summed E-state index contributed by atoms with van der Waals surface area (Å²) in [6.45, 7) is 5.00. The predicted octanol–water partition coefficient (Wildman–Crippen LogP) is 1.61. The van der Waals surface area contributed by atoms with Gasteiger partial charge in [0.15, 0.2) is 11.6 Å². The van der Waals surface area contributed by atoms with Gasteiger partial charge in [0.05, 0.1) is 24.9 Å². The van der Waals surface area contributed by atoms with Crippen LogP contribution in [-0.2, 0) is 14.3 Å². The molecule has 0 atom stereocenters. The molecule has 1 heterocycles. The van der Waals surface area contributed by atoms with Gasteiger partial charge in [-0.05, 0) is 26.8 Å². The number of carbonyl (C=O) groups is 2. The van der Waals surface area contributed by atoms with Gasteiger partial charge in [-0.15, -0.1) is 0 Å².